The fourth-order valence-electron chi connectivity index (χ4n) is 1.58. The molecule has 7 heteroatoms. The molecule has 0 amide bonds. The van der Waals surface area contributed by atoms with Crippen molar-refractivity contribution < 1.29 is 8.42 Å². The third-order valence-corrected chi connectivity index (χ3v) is 4.22. The molecule has 0 aliphatic heterocycles. The van der Waals surface area contributed by atoms with Crippen molar-refractivity contribution in [3.8, 4) is 0 Å². The number of hydrogen-bond acceptors (Lipinski definition) is 5. The van der Waals surface area contributed by atoms with Crippen LogP contribution in [0.5, 0.6) is 0 Å². The number of hydrogen-bond donors (Lipinski definition) is 3. The monoisotopic (exact) mass is 289 g/mol. The maximum Gasteiger partial charge on any atom is 0.240 e. The van der Waals surface area contributed by atoms with Crippen molar-refractivity contribution in [2.75, 3.05) is 23.1 Å². The Labute approximate surface area is 112 Å². The van der Waals surface area contributed by atoms with E-state index < -0.39 is 10.0 Å². The van der Waals surface area contributed by atoms with E-state index in [9.17, 15) is 8.42 Å². The molecule has 102 valence electrons. The van der Waals surface area contributed by atoms with Crippen LogP contribution in [-0.2, 0) is 10.0 Å². The van der Waals surface area contributed by atoms with Gasteiger partial charge in [-0.25, -0.2) is 13.6 Å². The van der Waals surface area contributed by atoms with Crippen LogP contribution < -0.4 is 16.2 Å². The summed E-state index contributed by atoms with van der Waals surface area (Å²) in [6.45, 7) is 2.04. The van der Waals surface area contributed by atoms with Gasteiger partial charge in [0.05, 0.1) is 5.69 Å². The molecule has 1 aromatic rings. The molecule has 0 saturated heterocycles. The molecule has 0 spiro atoms. The highest BCUT2D eigenvalue weighted by Crippen LogP contribution is 2.24. The number of nitrogen functional groups attached to an aromatic ring is 1. The van der Waals surface area contributed by atoms with Crippen LogP contribution >= 0.6 is 11.8 Å². The van der Waals surface area contributed by atoms with Gasteiger partial charge in [-0.2, -0.15) is 11.8 Å². The van der Waals surface area contributed by atoms with Crippen molar-refractivity contribution in [3.63, 3.8) is 0 Å². The summed E-state index contributed by atoms with van der Waals surface area (Å²) < 4.78 is 23.0. The molecule has 0 aliphatic rings. The SMILES string of the molecule is CCC(CSC)Nc1ccc(N)cc1S(N)(=O)=O. The maximum absolute atomic E-state index is 11.5. The van der Waals surface area contributed by atoms with Crippen LogP contribution in [0.25, 0.3) is 0 Å². The molecule has 0 bridgehead atoms. The van der Waals surface area contributed by atoms with Crippen molar-refractivity contribution in [1.29, 1.82) is 0 Å². The third kappa shape index (κ3) is 4.08. The van der Waals surface area contributed by atoms with E-state index in [1.54, 1.807) is 23.9 Å². The summed E-state index contributed by atoms with van der Waals surface area (Å²) in [5, 5.41) is 8.39. The zero-order valence-corrected chi connectivity index (χ0v) is 12.1. The van der Waals surface area contributed by atoms with Gasteiger partial charge in [-0.3, -0.25) is 0 Å². The summed E-state index contributed by atoms with van der Waals surface area (Å²) >= 11 is 1.70. The topological polar surface area (TPSA) is 98.2 Å². The van der Waals surface area contributed by atoms with Gasteiger partial charge in [0.1, 0.15) is 4.90 Å². The molecule has 1 rings (SSSR count). The Morgan fingerprint density at radius 1 is 1.44 bits per heavy atom. The maximum atomic E-state index is 11.5. The molecule has 0 saturated carbocycles. The summed E-state index contributed by atoms with van der Waals surface area (Å²) in [5.74, 6) is 0.894. The number of anilines is 2. The second-order valence-corrected chi connectivity index (χ2v) is 6.45. The largest absolute Gasteiger partial charge is 0.399 e. The van der Waals surface area contributed by atoms with Crippen LogP contribution in [0.15, 0.2) is 23.1 Å². The zero-order valence-electron chi connectivity index (χ0n) is 10.5. The Balaban J connectivity index is 3.09. The summed E-state index contributed by atoms with van der Waals surface area (Å²) in [4.78, 5) is 0.0436. The predicted molar refractivity (Wildman–Crippen MR) is 78.3 cm³/mol. The van der Waals surface area contributed by atoms with Crippen molar-refractivity contribution >= 4 is 33.2 Å². The number of benzene rings is 1. The number of sulfonamides is 1. The first-order valence-corrected chi connectivity index (χ1v) is 8.50. The van der Waals surface area contributed by atoms with Crippen molar-refractivity contribution in [2.24, 2.45) is 5.14 Å². The average molecular weight is 289 g/mol. The minimum Gasteiger partial charge on any atom is -0.399 e. The second kappa shape index (κ2) is 6.31. The van der Waals surface area contributed by atoms with Crippen molar-refractivity contribution in [1.82, 2.24) is 0 Å². The molecule has 0 aromatic heterocycles. The molecule has 1 unspecified atom stereocenters. The summed E-state index contributed by atoms with van der Waals surface area (Å²) in [6, 6.07) is 4.88. The van der Waals surface area contributed by atoms with Crippen LogP contribution in [0.3, 0.4) is 0 Å². The quantitative estimate of drug-likeness (QED) is 0.689. The highest BCUT2D eigenvalue weighted by atomic mass is 32.2. The molecule has 1 aromatic carbocycles. The summed E-state index contributed by atoms with van der Waals surface area (Å²) in [7, 11) is -3.77. The first-order chi connectivity index (χ1) is 8.38. The first kappa shape index (κ1) is 15.1. The van der Waals surface area contributed by atoms with Gasteiger partial charge in [0.2, 0.25) is 10.0 Å². The van der Waals surface area contributed by atoms with Gasteiger partial charge in [-0.05, 0) is 30.9 Å². The average Bonchev–Trinajstić information content (AvgIpc) is 2.29. The van der Waals surface area contributed by atoms with Crippen LogP contribution in [0.2, 0.25) is 0 Å². The lowest BCUT2D eigenvalue weighted by molar-refractivity contribution is 0.598. The molecule has 0 aliphatic carbocycles. The number of primary sulfonamides is 1. The Hall–Kier alpha value is -0.920. The minimum atomic E-state index is -3.77. The third-order valence-electron chi connectivity index (χ3n) is 2.53. The Morgan fingerprint density at radius 3 is 2.61 bits per heavy atom. The van der Waals surface area contributed by atoms with Crippen LogP contribution in [-0.4, -0.2) is 26.5 Å². The van der Waals surface area contributed by atoms with Crippen molar-refractivity contribution in [2.45, 2.75) is 24.3 Å². The molecular formula is C11H19N3O2S2. The highest BCUT2D eigenvalue weighted by molar-refractivity contribution is 7.98. The highest BCUT2D eigenvalue weighted by Gasteiger charge is 2.16. The Bertz CT molecular complexity index is 503. The van der Waals surface area contributed by atoms with E-state index >= 15 is 0 Å². The van der Waals surface area contributed by atoms with Crippen molar-refractivity contribution in [3.05, 3.63) is 18.2 Å². The van der Waals surface area contributed by atoms with Gasteiger partial charge < -0.3 is 11.1 Å². The lowest BCUT2D eigenvalue weighted by atomic mass is 10.2. The lowest BCUT2D eigenvalue weighted by Gasteiger charge is -2.19. The second-order valence-electron chi connectivity index (χ2n) is 4.01. The summed E-state index contributed by atoms with van der Waals surface area (Å²) in [6.07, 6.45) is 2.91. The van der Waals surface area contributed by atoms with Crippen LogP contribution in [0.4, 0.5) is 11.4 Å². The van der Waals surface area contributed by atoms with Gasteiger partial charge >= 0.3 is 0 Å². The lowest BCUT2D eigenvalue weighted by Crippen LogP contribution is -2.24. The Morgan fingerprint density at radius 2 is 2.11 bits per heavy atom. The normalized spacial score (nSPS) is 13.3. The number of rotatable bonds is 6. The number of nitrogens with one attached hydrogen (secondary N) is 1. The zero-order chi connectivity index (χ0) is 13.8. The van der Waals surface area contributed by atoms with E-state index in [-0.39, 0.29) is 10.9 Å². The van der Waals surface area contributed by atoms with Gasteiger partial charge in [0.15, 0.2) is 0 Å². The first-order valence-electron chi connectivity index (χ1n) is 5.56. The molecule has 0 heterocycles. The summed E-state index contributed by atoms with van der Waals surface area (Å²) in [5.41, 5.74) is 6.48. The molecule has 5 nitrogen and oxygen atoms in total. The van der Waals surface area contributed by atoms with E-state index in [1.165, 1.54) is 6.07 Å². The molecule has 18 heavy (non-hydrogen) atoms. The van der Waals surface area contributed by atoms with E-state index in [0.29, 0.717) is 11.4 Å². The molecular weight excluding hydrogens is 270 g/mol. The van der Waals surface area contributed by atoms with Gasteiger partial charge in [0.25, 0.3) is 0 Å². The molecule has 0 radical (unpaired) electrons. The van der Waals surface area contributed by atoms with E-state index in [4.69, 9.17) is 10.9 Å². The van der Waals surface area contributed by atoms with Crippen LogP contribution in [0.1, 0.15) is 13.3 Å². The van der Waals surface area contributed by atoms with E-state index in [2.05, 4.69) is 5.32 Å². The molecule has 0 fully saturated rings. The molecule has 1 atom stereocenters. The number of nitrogens with two attached hydrogens (primary N) is 2. The fourth-order valence-corrected chi connectivity index (χ4v) is 3.03. The smallest absolute Gasteiger partial charge is 0.240 e. The van der Waals surface area contributed by atoms with Crippen LogP contribution in [0, 0.1) is 0 Å². The standard InChI is InChI=1S/C11H19N3O2S2/c1-3-9(7-17-2)14-10-5-4-8(12)6-11(10)18(13,15)16/h4-6,9,14H,3,7,12H2,1-2H3,(H2,13,15,16). The van der Waals surface area contributed by atoms with Gasteiger partial charge in [-0.15, -0.1) is 0 Å². The fraction of sp³-hybridized carbons (Fsp3) is 0.455. The number of thioether (sulfide) groups is 1. The van der Waals surface area contributed by atoms with Gasteiger partial charge in [0, 0.05) is 17.5 Å². The van der Waals surface area contributed by atoms with Gasteiger partial charge in [-0.1, -0.05) is 6.92 Å². The molecule has 5 N–H and O–H groups in total. The Kier molecular flexibility index (Phi) is 5.30. The predicted octanol–water partition coefficient (Wildman–Crippen LogP) is 1.47. The minimum absolute atomic E-state index is 0.0436. The van der Waals surface area contributed by atoms with E-state index in [1.807, 2.05) is 13.2 Å². The van der Waals surface area contributed by atoms with E-state index in [0.717, 1.165) is 12.2 Å².